The van der Waals surface area contributed by atoms with E-state index in [4.69, 9.17) is 16.7 Å². The van der Waals surface area contributed by atoms with Gasteiger partial charge in [0.15, 0.2) is 0 Å². The Hall–Kier alpha value is -1.89. The standard InChI is InChI=1S/C13H12ClFN4O2/c14-11-16-9(18-13-4-12(15,5-13)6-13)7-1-2-19(3-8(20)21)10(7)17-11/h1-2H,3-6H2,(H,20,21)(H,16,17,18). The first kappa shape index (κ1) is 12.8. The van der Waals surface area contributed by atoms with Gasteiger partial charge >= 0.3 is 5.97 Å². The summed E-state index contributed by atoms with van der Waals surface area (Å²) in [6.45, 7) is -0.199. The molecule has 2 N–H and O–H groups in total. The van der Waals surface area contributed by atoms with E-state index in [0.717, 1.165) is 0 Å². The Morgan fingerprint density at radius 2 is 2.19 bits per heavy atom. The summed E-state index contributed by atoms with van der Waals surface area (Å²) in [4.78, 5) is 19.1. The van der Waals surface area contributed by atoms with Crippen LogP contribution in [0.2, 0.25) is 5.28 Å². The van der Waals surface area contributed by atoms with Gasteiger partial charge in [-0.3, -0.25) is 4.79 Å². The van der Waals surface area contributed by atoms with Crippen LogP contribution in [0.5, 0.6) is 0 Å². The number of nitrogens with zero attached hydrogens (tertiary/aromatic N) is 3. The fourth-order valence-corrected chi connectivity index (χ4v) is 3.62. The van der Waals surface area contributed by atoms with E-state index in [1.165, 1.54) is 4.57 Å². The molecule has 0 unspecified atom stereocenters. The molecular weight excluding hydrogens is 299 g/mol. The summed E-state index contributed by atoms with van der Waals surface area (Å²) in [6.07, 6.45) is 3.09. The number of carboxylic acids is 1. The second kappa shape index (κ2) is 3.85. The van der Waals surface area contributed by atoms with E-state index in [-0.39, 0.29) is 17.4 Å². The summed E-state index contributed by atoms with van der Waals surface area (Å²) in [5.41, 5.74) is -0.770. The summed E-state index contributed by atoms with van der Waals surface area (Å²) < 4.78 is 15.1. The zero-order valence-corrected chi connectivity index (χ0v) is 11.7. The van der Waals surface area contributed by atoms with Gasteiger partial charge < -0.3 is 15.0 Å². The second-order valence-electron chi connectivity index (χ2n) is 6.00. The molecular formula is C13H12ClFN4O2. The lowest BCUT2D eigenvalue weighted by molar-refractivity contribution is -0.138. The van der Waals surface area contributed by atoms with Crippen molar-refractivity contribution in [3.63, 3.8) is 0 Å². The summed E-state index contributed by atoms with van der Waals surface area (Å²) in [7, 11) is 0. The molecule has 3 aliphatic carbocycles. The summed E-state index contributed by atoms with van der Waals surface area (Å²) >= 11 is 5.92. The molecule has 3 fully saturated rings. The molecule has 2 bridgehead atoms. The van der Waals surface area contributed by atoms with Crippen molar-refractivity contribution in [1.82, 2.24) is 14.5 Å². The van der Waals surface area contributed by atoms with Crippen LogP contribution in [0.25, 0.3) is 11.0 Å². The maximum atomic E-state index is 13.6. The monoisotopic (exact) mass is 310 g/mol. The van der Waals surface area contributed by atoms with Crippen LogP contribution in [0, 0.1) is 0 Å². The number of halogens is 2. The Bertz CT molecular complexity index is 755. The number of hydrogen-bond donors (Lipinski definition) is 2. The SMILES string of the molecule is O=C(O)Cn1ccc2c(NC34CC(F)(C3)C4)nc(Cl)nc21. The van der Waals surface area contributed by atoms with Crippen LogP contribution in [-0.4, -0.2) is 36.8 Å². The minimum Gasteiger partial charge on any atom is -0.480 e. The molecule has 3 saturated carbocycles. The molecule has 21 heavy (non-hydrogen) atoms. The molecule has 0 radical (unpaired) electrons. The van der Waals surface area contributed by atoms with Gasteiger partial charge in [0, 0.05) is 31.0 Å². The van der Waals surface area contributed by atoms with Gasteiger partial charge in [0.25, 0.3) is 0 Å². The van der Waals surface area contributed by atoms with Gasteiger partial charge in [0.05, 0.1) is 5.39 Å². The molecule has 0 aromatic carbocycles. The molecule has 2 heterocycles. The fourth-order valence-electron chi connectivity index (χ4n) is 3.45. The molecule has 2 aromatic rings. The van der Waals surface area contributed by atoms with Crippen LogP contribution in [0.15, 0.2) is 12.3 Å². The predicted octanol–water partition coefficient (Wildman–Crippen LogP) is 2.23. The molecule has 6 nitrogen and oxygen atoms in total. The lowest BCUT2D eigenvalue weighted by atomic mass is 9.47. The molecule has 8 heteroatoms. The third-order valence-electron chi connectivity index (χ3n) is 4.25. The normalized spacial score (nSPS) is 29.8. The minimum atomic E-state index is -1.00. The van der Waals surface area contributed by atoms with Crippen molar-refractivity contribution in [2.75, 3.05) is 5.32 Å². The van der Waals surface area contributed by atoms with E-state index in [9.17, 15) is 9.18 Å². The van der Waals surface area contributed by atoms with Crippen molar-refractivity contribution < 1.29 is 14.3 Å². The van der Waals surface area contributed by atoms with Gasteiger partial charge in [-0.25, -0.2) is 9.37 Å². The topological polar surface area (TPSA) is 80.0 Å². The van der Waals surface area contributed by atoms with E-state index in [2.05, 4.69) is 15.3 Å². The van der Waals surface area contributed by atoms with Gasteiger partial charge in [-0.1, -0.05) is 0 Å². The third kappa shape index (κ3) is 1.87. The van der Waals surface area contributed by atoms with Crippen molar-refractivity contribution in [1.29, 1.82) is 0 Å². The highest BCUT2D eigenvalue weighted by atomic mass is 35.5. The van der Waals surface area contributed by atoms with Gasteiger partial charge in [-0.2, -0.15) is 4.98 Å². The maximum Gasteiger partial charge on any atom is 0.323 e. The number of nitrogens with one attached hydrogen (secondary N) is 1. The fraction of sp³-hybridized carbons (Fsp3) is 0.462. The lowest BCUT2D eigenvalue weighted by Gasteiger charge is -2.65. The van der Waals surface area contributed by atoms with Crippen LogP contribution >= 0.6 is 11.6 Å². The molecule has 110 valence electrons. The summed E-state index contributed by atoms with van der Waals surface area (Å²) in [6, 6.07) is 1.74. The first-order valence-electron chi connectivity index (χ1n) is 6.60. The number of rotatable bonds is 4. The molecule has 0 amide bonds. The molecule has 0 atom stereocenters. The Kier molecular flexibility index (Phi) is 2.35. The third-order valence-corrected chi connectivity index (χ3v) is 4.42. The van der Waals surface area contributed by atoms with Crippen LogP contribution < -0.4 is 5.32 Å². The highest BCUT2D eigenvalue weighted by Gasteiger charge is 2.69. The number of hydrogen-bond acceptors (Lipinski definition) is 4. The lowest BCUT2D eigenvalue weighted by Crippen LogP contribution is -2.73. The number of aliphatic carboxylic acids is 1. The van der Waals surface area contributed by atoms with Crippen LogP contribution in [0.1, 0.15) is 19.3 Å². The van der Waals surface area contributed by atoms with E-state index in [1.807, 2.05) is 0 Å². The number of carboxylic acid groups (broad SMARTS) is 1. The zero-order chi connectivity index (χ0) is 14.8. The Morgan fingerprint density at radius 3 is 2.81 bits per heavy atom. The van der Waals surface area contributed by atoms with Crippen LogP contribution in [-0.2, 0) is 11.3 Å². The second-order valence-corrected chi connectivity index (χ2v) is 6.34. The largest absolute Gasteiger partial charge is 0.480 e. The van der Waals surface area contributed by atoms with E-state index >= 15 is 0 Å². The van der Waals surface area contributed by atoms with E-state index < -0.39 is 11.6 Å². The number of carbonyl (C=O) groups is 1. The molecule has 5 rings (SSSR count). The molecule has 0 spiro atoms. The minimum absolute atomic E-state index is 0.0388. The first-order valence-corrected chi connectivity index (χ1v) is 6.97. The van der Waals surface area contributed by atoms with Crippen molar-refractivity contribution in [3.8, 4) is 0 Å². The quantitative estimate of drug-likeness (QED) is 0.846. The smallest absolute Gasteiger partial charge is 0.323 e. The van der Waals surface area contributed by atoms with Crippen molar-refractivity contribution in [2.24, 2.45) is 0 Å². The predicted molar refractivity (Wildman–Crippen MR) is 74.2 cm³/mol. The van der Waals surface area contributed by atoms with Crippen molar-refractivity contribution in [3.05, 3.63) is 17.5 Å². The number of anilines is 1. The van der Waals surface area contributed by atoms with Crippen molar-refractivity contribution in [2.45, 2.75) is 37.0 Å². The number of aromatic nitrogens is 3. The molecule has 0 aliphatic heterocycles. The van der Waals surface area contributed by atoms with E-state index in [0.29, 0.717) is 36.1 Å². The molecule has 2 aromatic heterocycles. The zero-order valence-electron chi connectivity index (χ0n) is 10.9. The highest BCUT2D eigenvalue weighted by molar-refractivity contribution is 6.28. The van der Waals surface area contributed by atoms with Gasteiger partial charge in [-0.05, 0) is 17.7 Å². The Balaban J connectivity index is 1.72. The van der Waals surface area contributed by atoms with Gasteiger partial charge in [0.1, 0.15) is 23.7 Å². The van der Waals surface area contributed by atoms with E-state index in [1.54, 1.807) is 12.3 Å². The average molecular weight is 311 g/mol. The Labute approximate surface area is 123 Å². The maximum absolute atomic E-state index is 13.6. The first-order chi connectivity index (χ1) is 9.88. The Morgan fingerprint density at radius 1 is 1.48 bits per heavy atom. The number of fused-ring (bicyclic) bond motifs is 1. The summed E-state index contributed by atoms with van der Waals surface area (Å²) in [5.74, 6) is -0.425. The molecule has 3 aliphatic rings. The van der Waals surface area contributed by atoms with Crippen molar-refractivity contribution >= 4 is 34.4 Å². The van der Waals surface area contributed by atoms with Gasteiger partial charge in [-0.15, -0.1) is 0 Å². The van der Waals surface area contributed by atoms with Crippen LogP contribution in [0.4, 0.5) is 10.2 Å². The van der Waals surface area contributed by atoms with Gasteiger partial charge in [0.2, 0.25) is 5.28 Å². The average Bonchev–Trinajstić information content (AvgIpc) is 2.68. The highest BCUT2D eigenvalue weighted by Crippen LogP contribution is 2.64. The van der Waals surface area contributed by atoms with Crippen LogP contribution in [0.3, 0.4) is 0 Å². The number of alkyl halides is 1. The molecule has 0 saturated heterocycles. The summed E-state index contributed by atoms with van der Waals surface area (Å²) in [5, 5.41) is 12.9.